The van der Waals surface area contributed by atoms with Crippen LogP contribution in [0, 0.1) is 18.6 Å². The van der Waals surface area contributed by atoms with E-state index in [-0.39, 0.29) is 18.5 Å². The largest absolute Gasteiger partial charge is 0.382 e. The summed E-state index contributed by atoms with van der Waals surface area (Å²) >= 11 is 0. The van der Waals surface area contributed by atoms with Crippen molar-refractivity contribution in [3.63, 3.8) is 0 Å². The van der Waals surface area contributed by atoms with E-state index in [1.165, 1.54) is 12.1 Å². The summed E-state index contributed by atoms with van der Waals surface area (Å²) in [5.41, 5.74) is 7.49. The minimum atomic E-state index is -0.573. The van der Waals surface area contributed by atoms with Crippen molar-refractivity contribution in [3.8, 4) is 0 Å². The first kappa shape index (κ1) is 20.3. The monoisotopic (exact) mass is 411 g/mol. The normalized spacial score (nSPS) is 17.6. The fraction of sp³-hybridized carbons (Fsp3) is 0.412. The highest BCUT2D eigenvalue weighted by Gasteiger charge is 2.23. The first-order valence-corrected chi connectivity index (χ1v) is 8.60. The Morgan fingerprint density at radius 2 is 1.96 bits per heavy atom. The summed E-state index contributed by atoms with van der Waals surface area (Å²) in [7, 11) is 0. The third kappa shape index (κ3) is 4.34. The zero-order chi connectivity index (χ0) is 19.0. The second-order valence-corrected chi connectivity index (χ2v) is 6.61. The number of aromatic nitrogens is 5. The Morgan fingerprint density at radius 3 is 2.71 bits per heavy atom. The van der Waals surface area contributed by atoms with Crippen molar-refractivity contribution < 1.29 is 13.5 Å². The molecule has 0 saturated carbocycles. The molecular weight excluding hydrogens is 392 g/mol. The van der Waals surface area contributed by atoms with Gasteiger partial charge in [0.15, 0.2) is 17.0 Å². The molecule has 1 aromatic carbocycles. The van der Waals surface area contributed by atoms with Gasteiger partial charge in [-0.1, -0.05) is 5.21 Å². The van der Waals surface area contributed by atoms with Gasteiger partial charge in [-0.25, -0.2) is 23.4 Å². The van der Waals surface area contributed by atoms with Crippen LogP contribution in [0.3, 0.4) is 0 Å². The van der Waals surface area contributed by atoms with E-state index in [9.17, 15) is 8.78 Å². The summed E-state index contributed by atoms with van der Waals surface area (Å²) in [6, 6.07) is 3.57. The van der Waals surface area contributed by atoms with Gasteiger partial charge in [0.05, 0.1) is 19.3 Å². The molecule has 3 aromatic rings. The molecule has 1 fully saturated rings. The lowest BCUT2D eigenvalue weighted by Crippen LogP contribution is -2.43. The number of anilines is 1. The van der Waals surface area contributed by atoms with Crippen LogP contribution >= 0.6 is 12.4 Å². The highest BCUT2D eigenvalue weighted by Crippen LogP contribution is 2.17. The summed E-state index contributed by atoms with van der Waals surface area (Å²) in [6.07, 6.45) is -0.154. The second-order valence-electron chi connectivity index (χ2n) is 6.61. The van der Waals surface area contributed by atoms with Crippen LogP contribution in [0.15, 0.2) is 18.2 Å². The molecule has 0 aliphatic carbocycles. The number of nitrogen functional groups attached to an aromatic ring is 1. The zero-order valence-electron chi connectivity index (χ0n) is 15.2. The van der Waals surface area contributed by atoms with Gasteiger partial charge in [-0.15, -0.1) is 17.5 Å². The lowest BCUT2D eigenvalue weighted by Gasteiger charge is -2.32. The molecule has 150 valence electrons. The van der Waals surface area contributed by atoms with Crippen molar-refractivity contribution >= 4 is 29.4 Å². The molecule has 28 heavy (non-hydrogen) atoms. The Morgan fingerprint density at radius 1 is 1.21 bits per heavy atom. The maximum absolute atomic E-state index is 13.4. The highest BCUT2D eigenvalue weighted by molar-refractivity contribution is 5.85. The van der Waals surface area contributed by atoms with Gasteiger partial charge < -0.3 is 10.5 Å². The number of halogens is 3. The fourth-order valence-electron chi connectivity index (χ4n) is 3.30. The Balaban J connectivity index is 0.00000225. The highest BCUT2D eigenvalue weighted by atomic mass is 35.5. The van der Waals surface area contributed by atoms with Crippen LogP contribution in [-0.2, 0) is 17.8 Å². The number of ether oxygens (including phenoxy) is 1. The fourth-order valence-corrected chi connectivity index (χ4v) is 3.30. The molecule has 0 spiro atoms. The van der Waals surface area contributed by atoms with E-state index in [0.717, 1.165) is 6.07 Å². The van der Waals surface area contributed by atoms with E-state index >= 15 is 0 Å². The van der Waals surface area contributed by atoms with Gasteiger partial charge in [0.25, 0.3) is 0 Å². The minimum Gasteiger partial charge on any atom is -0.382 e. The van der Waals surface area contributed by atoms with Gasteiger partial charge in [0.1, 0.15) is 17.5 Å². The van der Waals surface area contributed by atoms with E-state index in [1.54, 1.807) is 11.6 Å². The maximum Gasteiger partial charge on any atom is 0.184 e. The van der Waals surface area contributed by atoms with Gasteiger partial charge in [-0.2, -0.15) is 0 Å². The van der Waals surface area contributed by atoms with E-state index in [2.05, 4.69) is 25.2 Å². The van der Waals surface area contributed by atoms with Crippen LogP contribution in [0.4, 0.5) is 14.6 Å². The summed E-state index contributed by atoms with van der Waals surface area (Å²) in [5.74, 6) is -0.306. The lowest BCUT2D eigenvalue weighted by molar-refractivity contribution is -0.0399. The number of rotatable bonds is 4. The van der Waals surface area contributed by atoms with Crippen molar-refractivity contribution in [1.82, 2.24) is 29.9 Å². The average Bonchev–Trinajstić information content (AvgIpc) is 2.97. The molecule has 2 aromatic heterocycles. The number of nitrogens with zero attached hydrogens (tertiary/aromatic N) is 6. The Hall–Kier alpha value is -2.43. The number of hydrogen-bond donors (Lipinski definition) is 1. The molecule has 8 nitrogen and oxygen atoms in total. The molecule has 1 saturated heterocycles. The quantitative estimate of drug-likeness (QED) is 0.698. The molecule has 3 heterocycles. The molecule has 1 atom stereocenters. The van der Waals surface area contributed by atoms with E-state index in [4.69, 9.17) is 10.5 Å². The molecule has 2 N–H and O–H groups in total. The molecule has 1 aliphatic rings. The van der Waals surface area contributed by atoms with Crippen LogP contribution in [0.5, 0.6) is 0 Å². The SMILES string of the molecule is Cc1nc(N)c2nnn(C[C@H]3CN(Cc4cc(F)cc(F)c4)CCO3)c2n1.Cl. The van der Waals surface area contributed by atoms with Crippen molar-refractivity contribution in [2.24, 2.45) is 0 Å². The third-order valence-electron chi connectivity index (χ3n) is 4.43. The third-order valence-corrected chi connectivity index (χ3v) is 4.43. The molecule has 0 radical (unpaired) electrons. The van der Waals surface area contributed by atoms with Crippen LogP contribution in [-0.4, -0.2) is 55.7 Å². The number of fused-ring (bicyclic) bond motifs is 1. The van der Waals surface area contributed by atoms with Crippen LogP contribution in [0.1, 0.15) is 11.4 Å². The Kier molecular flexibility index (Phi) is 6.01. The van der Waals surface area contributed by atoms with Gasteiger partial charge in [0.2, 0.25) is 0 Å². The molecule has 0 bridgehead atoms. The zero-order valence-corrected chi connectivity index (χ0v) is 16.0. The summed E-state index contributed by atoms with van der Waals surface area (Å²) in [6.45, 7) is 4.44. The van der Waals surface area contributed by atoms with Crippen molar-refractivity contribution in [2.75, 3.05) is 25.4 Å². The number of benzene rings is 1. The van der Waals surface area contributed by atoms with Crippen molar-refractivity contribution in [1.29, 1.82) is 0 Å². The molecule has 0 amide bonds. The van der Waals surface area contributed by atoms with Gasteiger partial charge >= 0.3 is 0 Å². The Labute approximate surface area is 166 Å². The first-order chi connectivity index (χ1) is 13.0. The van der Waals surface area contributed by atoms with Crippen LogP contribution in [0.25, 0.3) is 11.2 Å². The van der Waals surface area contributed by atoms with Crippen LogP contribution < -0.4 is 5.73 Å². The predicted octanol–water partition coefficient (Wildman–Crippen LogP) is 1.71. The molecule has 0 unspecified atom stereocenters. The molecule has 4 rings (SSSR count). The average molecular weight is 412 g/mol. The second kappa shape index (κ2) is 8.29. The number of aryl methyl sites for hydroxylation is 1. The molecular formula is C17H20ClF2N7O. The summed E-state index contributed by atoms with van der Waals surface area (Å²) in [5, 5.41) is 8.15. The number of hydrogen-bond acceptors (Lipinski definition) is 7. The van der Waals surface area contributed by atoms with Crippen LogP contribution in [0.2, 0.25) is 0 Å². The molecule has 1 aliphatic heterocycles. The maximum atomic E-state index is 13.4. The standard InChI is InChI=1S/C17H19F2N7O.ClH/c1-10-21-16(20)15-17(22-10)26(24-23-15)9-14-8-25(2-3-27-14)7-11-4-12(18)6-13(19)5-11;/h4-6,14H,2-3,7-9H2,1H3,(H2,20,21,22);1H/t14-;/m1./s1. The smallest absolute Gasteiger partial charge is 0.184 e. The predicted molar refractivity (Wildman–Crippen MR) is 101 cm³/mol. The first-order valence-electron chi connectivity index (χ1n) is 8.60. The molecule has 11 heteroatoms. The van der Waals surface area contributed by atoms with Gasteiger partial charge in [0, 0.05) is 25.7 Å². The minimum absolute atomic E-state index is 0. The topological polar surface area (TPSA) is 95.0 Å². The van der Waals surface area contributed by atoms with Gasteiger partial charge in [-0.3, -0.25) is 4.90 Å². The number of morpholine rings is 1. The van der Waals surface area contributed by atoms with Gasteiger partial charge in [-0.05, 0) is 24.6 Å². The van der Waals surface area contributed by atoms with Crippen molar-refractivity contribution in [2.45, 2.75) is 26.1 Å². The van der Waals surface area contributed by atoms with E-state index in [0.29, 0.717) is 61.2 Å². The van der Waals surface area contributed by atoms with E-state index < -0.39 is 11.6 Å². The number of nitrogens with two attached hydrogens (primary N) is 1. The summed E-state index contributed by atoms with van der Waals surface area (Å²) < 4.78 is 34.3. The van der Waals surface area contributed by atoms with E-state index in [1.807, 2.05) is 0 Å². The van der Waals surface area contributed by atoms with Crippen molar-refractivity contribution in [3.05, 3.63) is 41.2 Å². The Bertz CT molecular complexity index is 963. The lowest BCUT2D eigenvalue weighted by atomic mass is 10.1. The summed E-state index contributed by atoms with van der Waals surface area (Å²) in [4.78, 5) is 10.5.